The van der Waals surface area contributed by atoms with Gasteiger partial charge in [0.2, 0.25) is 0 Å². The van der Waals surface area contributed by atoms with Crippen molar-refractivity contribution in [3.63, 3.8) is 0 Å². The average Bonchev–Trinajstić information content (AvgIpc) is 2.85. The maximum absolute atomic E-state index is 12.1. The molecule has 214 valence electrons. The fraction of sp³-hybridized carbons (Fsp3) is 0.917. The Morgan fingerprint density at radius 1 is 0.833 bits per heavy atom. The minimum absolute atomic E-state index is 0.530. The van der Waals surface area contributed by atoms with E-state index < -0.39 is 63.2 Å². The van der Waals surface area contributed by atoms with Crippen molar-refractivity contribution in [3.8, 4) is 0 Å². The number of aliphatic hydroxyl groups is 6. The minimum atomic E-state index is -5.11. The fourth-order valence-electron chi connectivity index (χ4n) is 4.11. The summed E-state index contributed by atoms with van der Waals surface area (Å²) >= 11 is 0. The molecular weight excluding hydrogens is 493 g/mol. The van der Waals surface area contributed by atoms with Gasteiger partial charge in [0.05, 0.1) is 0 Å². The Hall–Kier alpha value is -0.430. The maximum atomic E-state index is 12.1. The van der Waals surface area contributed by atoms with Crippen LogP contribution in [0.15, 0.2) is 12.2 Å². The van der Waals surface area contributed by atoms with Gasteiger partial charge >= 0.3 is 0 Å². The molecule has 1 aliphatic rings. The van der Waals surface area contributed by atoms with Gasteiger partial charge < -0.3 is 50.3 Å². The summed E-state index contributed by atoms with van der Waals surface area (Å²) in [6.07, 6.45) is 5.19. The van der Waals surface area contributed by atoms with Crippen LogP contribution in [-0.2, 0) is 13.6 Å². The summed E-state index contributed by atoms with van der Waals surface area (Å²) in [4.78, 5) is 12.1. The van der Waals surface area contributed by atoms with E-state index in [2.05, 4.69) is 17.2 Å². The van der Waals surface area contributed by atoms with Crippen LogP contribution in [0.25, 0.3) is 0 Å². The quantitative estimate of drug-likeness (QED) is 0.0656. The van der Waals surface area contributed by atoms with Crippen LogP contribution in [0.5, 0.6) is 0 Å². The van der Waals surface area contributed by atoms with Crippen molar-refractivity contribution in [1.82, 2.24) is 0 Å². The molecule has 0 aromatic rings. The maximum Gasteiger partial charge on any atom is 0.268 e. The second-order valence-electron chi connectivity index (χ2n) is 9.77. The van der Waals surface area contributed by atoms with E-state index in [0.29, 0.717) is 0 Å². The number of quaternary nitrogens is 1. The zero-order valence-electron chi connectivity index (χ0n) is 21.4. The van der Waals surface area contributed by atoms with E-state index in [1.807, 2.05) is 6.08 Å². The van der Waals surface area contributed by atoms with Crippen LogP contribution in [0, 0.1) is 0 Å². The van der Waals surface area contributed by atoms with Gasteiger partial charge in [0.15, 0.2) is 0 Å². The van der Waals surface area contributed by atoms with Crippen LogP contribution < -0.4 is 10.6 Å². The van der Waals surface area contributed by atoms with Gasteiger partial charge in [-0.15, -0.1) is 0 Å². The number of hydrogen-bond acceptors (Lipinski definition) is 10. The Bertz CT molecular complexity index is 638. The monoisotopic (exact) mass is 541 g/mol. The molecule has 0 saturated heterocycles. The molecule has 3 unspecified atom stereocenters. The number of aliphatic hydroxyl groups excluding tert-OH is 6. The Kier molecular flexibility index (Phi) is 16.8. The smallest absolute Gasteiger partial charge is 0.268 e. The first-order valence-corrected chi connectivity index (χ1v) is 14.7. The van der Waals surface area contributed by atoms with Gasteiger partial charge in [-0.05, 0) is 12.8 Å². The molecule has 0 heterocycles. The summed E-state index contributed by atoms with van der Waals surface area (Å²) in [5, 5.41) is 58.8. The second kappa shape index (κ2) is 18.0. The SMILES string of the molecule is CCCCCCCCCCCCC/C=C/[C@@H](O)[C@@H]([NH3+])COP(=O)([O-])OC1[C@H](O)[C@H](O)C(O)[C@H](O)[C@H]1O. The van der Waals surface area contributed by atoms with Gasteiger partial charge in [0, 0.05) is 0 Å². The Balaban J connectivity index is 2.23. The van der Waals surface area contributed by atoms with Gasteiger partial charge in [-0.25, -0.2) is 0 Å². The summed E-state index contributed by atoms with van der Waals surface area (Å²) in [6.45, 7) is 1.69. The molecule has 0 aromatic carbocycles. The highest BCUT2D eigenvalue weighted by atomic mass is 31.2. The van der Waals surface area contributed by atoms with Crippen LogP contribution in [-0.4, -0.2) is 86.0 Å². The van der Waals surface area contributed by atoms with E-state index in [1.165, 1.54) is 63.9 Å². The summed E-state index contributed by atoms with van der Waals surface area (Å²) in [5.74, 6) is 0. The third-order valence-electron chi connectivity index (χ3n) is 6.56. The molecule has 0 radical (unpaired) electrons. The Labute approximate surface area is 214 Å². The lowest BCUT2D eigenvalue weighted by Gasteiger charge is -2.43. The number of rotatable bonds is 19. The molecule has 12 heteroatoms. The number of hydrogen-bond donors (Lipinski definition) is 7. The molecule has 0 aromatic heterocycles. The number of allylic oxidation sites excluding steroid dienone is 1. The molecule has 1 rings (SSSR count). The second-order valence-corrected chi connectivity index (χ2v) is 11.1. The minimum Gasteiger partial charge on any atom is -0.756 e. The fourth-order valence-corrected chi connectivity index (χ4v) is 5.09. The highest BCUT2D eigenvalue weighted by molar-refractivity contribution is 7.45. The van der Waals surface area contributed by atoms with Crippen LogP contribution >= 0.6 is 7.82 Å². The van der Waals surface area contributed by atoms with Crippen LogP contribution in [0.4, 0.5) is 0 Å². The molecule has 1 fully saturated rings. The van der Waals surface area contributed by atoms with Crippen molar-refractivity contribution in [1.29, 1.82) is 0 Å². The Morgan fingerprint density at radius 2 is 1.28 bits per heavy atom. The van der Waals surface area contributed by atoms with Gasteiger partial charge in [-0.3, -0.25) is 4.57 Å². The van der Waals surface area contributed by atoms with E-state index in [1.54, 1.807) is 0 Å². The van der Waals surface area contributed by atoms with E-state index >= 15 is 0 Å². The van der Waals surface area contributed by atoms with Crippen molar-refractivity contribution in [2.75, 3.05) is 6.61 Å². The summed E-state index contributed by atoms with van der Waals surface area (Å²) in [7, 11) is -5.11. The Morgan fingerprint density at radius 3 is 1.78 bits per heavy atom. The van der Waals surface area contributed by atoms with E-state index in [9.17, 15) is 40.1 Å². The molecule has 0 bridgehead atoms. The molecule has 0 spiro atoms. The molecular formula is C24H48NO10P. The molecule has 1 aliphatic carbocycles. The first-order chi connectivity index (χ1) is 17.0. The zero-order valence-corrected chi connectivity index (χ0v) is 22.3. The van der Waals surface area contributed by atoms with Gasteiger partial charge in [-0.1, -0.05) is 83.3 Å². The molecule has 9 atom stereocenters. The first-order valence-electron chi connectivity index (χ1n) is 13.2. The zero-order chi connectivity index (χ0) is 27.1. The molecule has 9 N–H and O–H groups in total. The van der Waals surface area contributed by atoms with Crippen LogP contribution in [0.1, 0.15) is 84.0 Å². The summed E-state index contributed by atoms with van der Waals surface area (Å²) < 4.78 is 21.4. The largest absolute Gasteiger partial charge is 0.756 e. The highest BCUT2D eigenvalue weighted by Gasteiger charge is 2.50. The predicted octanol–water partition coefficient (Wildman–Crippen LogP) is -0.0966. The first kappa shape index (κ1) is 33.6. The van der Waals surface area contributed by atoms with Crippen molar-refractivity contribution in [2.24, 2.45) is 0 Å². The third-order valence-corrected chi connectivity index (χ3v) is 7.53. The van der Waals surface area contributed by atoms with E-state index in [0.717, 1.165) is 19.3 Å². The normalized spacial score (nSPS) is 30.4. The average molecular weight is 542 g/mol. The van der Waals surface area contributed by atoms with Crippen molar-refractivity contribution >= 4 is 7.82 Å². The third kappa shape index (κ3) is 12.4. The van der Waals surface area contributed by atoms with E-state index in [-0.39, 0.29) is 0 Å². The number of unbranched alkanes of at least 4 members (excludes halogenated alkanes) is 11. The molecule has 11 nitrogen and oxygen atoms in total. The van der Waals surface area contributed by atoms with Gasteiger partial charge in [0.25, 0.3) is 7.82 Å². The molecule has 1 saturated carbocycles. The lowest BCUT2D eigenvalue weighted by atomic mass is 9.85. The summed E-state index contributed by atoms with van der Waals surface area (Å²) in [5.41, 5.74) is 3.68. The molecule has 0 amide bonds. The van der Waals surface area contributed by atoms with Crippen molar-refractivity contribution in [3.05, 3.63) is 12.2 Å². The van der Waals surface area contributed by atoms with Crippen LogP contribution in [0.2, 0.25) is 0 Å². The predicted molar refractivity (Wildman–Crippen MR) is 131 cm³/mol. The molecule has 36 heavy (non-hydrogen) atoms. The van der Waals surface area contributed by atoms with Crippen molar-refractivity contribution < 1.29 is 54.9 Å². The number of phosphoric acid groups is 1. The van der Waals surface area contributed by atoms with Crippen molar-refractivity contribution in [2.45, 2.75) is 133 Å². The van der Waals surface area contributed by atoms with Crippen LogP contribution in [0.3, 0.4) is 0 Å². The lowest BCUT2D eigenvalue weighted by Crippen LogP contribution is -2.68. The van der Waals surface area contributed by atoms with E-state index in [4.69, 9.17) is 4.52 Å². The molecule has 0 aliphatic heterocycles. The lowest BCUT2D eigenvalue weighted by molar-refractivity contribution is -0.439. The number of phosphoric ester groups is 1. The topological polar surface area (TPSA) is 208 Å². The standard InChI is InChI=1S/C24H48NO10P/c1-2-3-4-5-6-7-8-9-10-11-12-13-14-15-18(26)17(25)16-34-36(32,33)35-24-22(30)20(28)19(27)21(29)23(24)31/h14-15,17-24,26-31H,2-13,16,25H2,1H3,(H,32,33)/b15-14+/t17-,18+,19?,20-,21+,22+,23+,24?/m0/s1. The van der Waals surface area contributed by atoms with Gasteiger partial charge in [0.1, 0.15) is 55.4 Å². The van der Waals surface area contributed by atoms with Gasteiger partial charge in [-0.2, -0.15) is 0 Å². The highest BCUT2D eigenvalue weighted by Crippen LogP contribution is 2.43. The summed E-state index contributed by atoms with van der Waals surface area (Å²) in [6, 6.07) is -0.844.